The smallest absolute Gasteiger partial charge is 0.326 e. The van der Waals surface area contributed by atoms with Crippen LogP contribution in [-0.4, -0.2) is 85.8 Å². The fraction of sp³-hybridized carbons (Fsp3) is 0.321. The summed E-state index contributed by atoms with van der Waals surface area (Å²) in [7, 11) is 0. The van der Waals surface area contributed by atoms with Gasteiger partial charge in [-0.25, -0.2) is 4.79 Å². The minimum absolute atomic E-state index is 0.0385. The molecular weight excluding hydrogens is 550 g/mol. The highest BCUT2D eigenvalue weighted by Gasteiger charge is 2.31. The zero-order valence-corrected chi connectivity index (χ0v) is 22.4. The highest BCUT2D eigenvalue weighted by Crippen LogP contribution is 2.19. The number of carbonyl (C=O) groups excluding carboxylic acids is 3. The number of aliphatic hydroxyl groups excluding tert-OH is 1. The van der Waals surface area contributed by atoms with E-state index in [1.165, 1.54) is 12.1 Å². The van der Waals surface area contributed by atoms with Crippen molar-refractivity contribution in [2.75, 3.05) is 6.61 Å². The van der Waals surface area contributed by atoms with Crippen molar-refractivity contribution in [3.8, 4) is 5.75 Å². The number of benzene rings is 2. The topological polar surface area (TPSA) is 244 Å². The Balaban J connectivity index is 1.76. The van der Waals surface area contributed by atoms with E-state index >= 15 is 0 Å². The number of aliphatic carboxylic acids is 2. The van der Waals surface area contributed by atoms with Crippen molar-refractivity contribution in [2.24, 2.45) is 5.73 Å². The number of aromatic nitrogens is 1. The number of H-pyrrole nitrogens is 1. The molecule has 0 aliphatic rings. The van der Waals surface area contributed by atoms with Crippen molar-refractivity contribution >= 4 is 40.6 Å². The molecule has 0 radical (unpaired) electrons. The van der Waals surface area contributed by atoms with Crippen molar-refractivity contribution in [1.82, 2.24) is 20.9 Å². The van der Waals surface area contributed by atoms with Gasteiger partial charge in [0.05, 0.1) is 12.6 Å². The molecule has 14 nitrogen and oxygen atoms in total. The molecule has 3 rings (SSSR count). The lowest BCUT2D eigenvalue weighted by Gasteiger charge is -2.24. The Kier molecular flexibility index (Phi) is 11.0. The number of aromatic amines is 1. The highest BCUT2D eigenvalue weighted by molar-refractivity contribution is 5.95. The first-order valence-electron chi connectivity index (χ1n) is 13.0. The number of para-hydroxylation sites is 1. The third-order valence-corrected chi connectivity index (χ3v) is 6.54. The molecule has 0 fully saturated rings. The normalized spacial score (nSPS) is 13.9. The predicted octanol–water partition coefficient (Wildman–Crippen LogP) is -0.618. The van der Waals surface area contributed by atoms with E-state index in [1.807, 2.05) is 0 Å². The number of rotatable bonds is 15. The summed E-state index contributed by atoms with van der Waals surface area (Å²) in [5.41, 5.74) is 7.98. The molecule has 3 aromatic rings. The molecule has 0 aliphatic carbocycles. The lowest BCUT2D eigenvalue weighted by molar-refractivity contribution is -0.143. The average Bonchev–Trinajstić information content (AvgIpc) is 3.36. The summed E-state index contributed by atoms with van der Waals surface area (Å²) in [6.45, 7) is -0.832. The number of carboxylic acid groups (broad SMARTS) is 2. The fourth-order valence-corrected chi connectivity index (χ4v) is 4.25. The minimum Gasteiger partial charge on any atom is -0.508 e. The molecule has 2 aromatic carbocycles. The number of hydrogen-bond acceptors (Lipinski definition) is 8. The average molecular weight is 584 g/mol. The Hall–Kier alpha value is -4.95. The van der Waals surface area contributed by atoms with Crippen LogP contribution < -0.4 is 21.7 Å². The minimum atomic E-state index is -1.54. The van der Waals surface area contributed by atoms with Crippen molar-refractivity contribution in [2.45, 2.75) is 49.9 Å². The maximum atomic E-state index is 13.2. The van der Waals surface area contributed by atoms with Crippen molar-refractivity contribution in [3.05, 3.63) is 65.9 Å². The number of carboxylic acids is 2. The fourth-order valence-electron chi connectivity index (χ4n) is 4.25. The lowest BCUT2D eigenvalue weighted by atomic mass is 10.0. The van der Waals surface area contributed by atoms with E-state index in [0.717, 1.165) is 10.9 Å². The van der Waals surface area contributed by atoms with Crippen LogP contribution in [0.5, 0.6) is 5.75 Å². The summed E-state index contributed by atoms with van der Waals surface area (Å²) in [5.74, 6) is -5.25. The van der Waals surface area contributed by atoms with E-state index in [-0.39, 0.29) is 18.6 Å². The molecular formula is C28H33N5O9. The molecule has 0 saturated heterocycles. The van der Waals surface area contributed by atoms with Gasteiger partial charge in [-0.05, 0) is 42.2 Å². The molecule has 0 spiro atoms. The molecule has 0 aliphatic heterocycles. The second kappa shape index (κ2) is 14.6. The second-order valence-corrected chi connectivity index (χ2v) is 9.68. The molecule has 14 heteroatoms. The van der Waals surface area contributed by atoms with E-state index in [0.29, 0.717) is 11.1 Å². The number of phenolic OH excluding ortho intramolecular Hbond substituents is 1. The number of amides is 3. The van der Waals surface area contributed by atoms with Gasteiger partial charge in [0.1, 0.15) is 23.9 Å². The first-order chi connectivity index (χ1) is 20.0. The van der Waals surface area contributed by atoms with Crippen LogP contribution in [0, 0.1) is 0 Å². The molecule has 4 atom stereocenters. The number of fused-ring (bicyclic) bond motifs is 1. The number of hydrogen-bond donors (Lipinski definition) is 9. The summed E-state index contributed by atoms with van der Waals surface area (Å²) >= 11 is 0. The zero-order valence-electron chi connectivity index (χ0n) is 22.4. The van der Waals surface area contributed by atoms with Crippen LogP contribution in [0.1, 0.15) is 24.0 Å². The molecule has 224 valence electrons. The summed E-state index contributed by atoms with van der Waals surface area (Å²) in [4.78, 5) is 64.7. The number of carbonyl (C=O) groups is 5. The van der Waals surface area contributed by atoms with Crippen LogP contribution in [-0.2, 0) is 36.8 Å². The lowest BCUT2D eigenvalue weighted by Crippen LogP contribution is -2.58. The molecule has 0 saturated carbocycles. The molecule has 42 heavy (non-hydrogen) atoms. The highest BCUT2D eigenvalue weighted by atomic mass is 16.4. The van der Waals surface area contributed by atoms with Gasteiger partial charge in [0.25, 0.3) is 0 Å². The van der Waals surface area contributed by atoms with Crippen molar-refractivity contribution in [3.63, 3.8) is 0 Å². The molecule has 10 N–H and O–H groups in total. The maximum absolute atomic E-state index is 13.2. The van der Waals surface area contributed by atoms with Crippen LogP contribution in [0.15, 0.2) is 54.7 Å². The molecule has 1 aromatic heterocycles. The van der Waals surface area contributed by atoms with Gasteiger partial charge in [-0.3, -0.25) is 19.2 Å². The zero-order chi connectivity index (χ0) is 30.8. The van der Waals surface area contributed by atoms with E-state index in [4.69, 9.17) is 10.8 Å². The SMILES string of the molecule is NC(Cc1ccc(O)cc1)C(=O)NC(CO)C(=O)NC(Cc1c[nH]c2ccccc12)C(=O)NC(CCC(=O)O)C(=O)O. The third kappa shape index (κ3) is 8.78. The summed E-state index contributed by atoms with van der Waals surface area (Å²) < 4.78 is 0. The number of aromatic hydroxyl groups is 1. The second-order valence-electron chi connectivity index (χ2n) is 9.68. The Morgan fingerprint density at radius 3 is 2.07 bits per heavy atom. The van der Waals surface area contributed by atoms with Crippen LogP contribution >= 0.6 is 0 Å². The molecule has 4 unspecified atom stereocenters. The third-order valence-electron chi connectivity index (χ3n) is 6.54. The van der Waals surface area contributed by atoms with Gasteiger partial charge in [-0.15, -0.1) is 0 Å². The first-order valence-corrected chi connectivity index (χ1v) is 13.0. The van der Waals surface area contributed by atoms with Gasteiger partial charge in [-0.1, -0.05) is 30.3 Å². The van der Waals surface area contributed by atoms with Crippen molar-refractivity contribution in [1.29, 1.82) is 0 Å². The molecule has 0 bridgehead atoms. The van der Waals surface area contributed by atoms with E-state index in [2.05, 4.69) is 20.9 Å². The van der Waals surface area contributed by atoms with Gasteiger partial charge < -0.3 is 47.1 Å². The van der Waals surface area contributed by atoms with Crippen LogP contribution in [0.3, 0.4) is 0 Å². The summed E-state index contributed by atoms with van der Waals surface area (Å²) in [6, 6.07) is 7.68. The van der Waals surface area contributed by atoms with E-state index < -0.39 is 73.3 Å². The Morgan fingerprint density at radius 2 is 1.43 bits per heavy atom. The Morgan fingerprint density at radius 1 is 0.810 bits per heavy atom. The van der Waals surface area contributed by atoms with E-state index in [1.54, 1.807) is 42.6 Å². The van der Waals surface area contributed by atoms with Crippen LogP contribution in [0.4, 0.5) is 0 Å². The number of nitrogens with two attached hydrogens (primary N) is 1. The predicted molar refractivity (Wildman–Crippen MR) is 149 cm³/mol. The summed E-state index contributed by atoms with van der Waals surface area (Å²) in [5, 5.41) is 45.5. The largest absolute Gasteiger partial charge is 0.508 e. The first kappa shape index (κ1) is 31.6. The Bertz CT molecular complexity index is 1420. The van der Waals surface area contributed by atoms with Crippen molar-refractivity contribution < 1.29 is 44.4 Å². The van der Waals surface area contributed by atoms with Gasteiger partial charge in [0, 0.05) is 29.9 Å². The van der Waals surface area contributed by atoms with Gasteiger partial charge in [-0.2, -0.15) is 0 Å². The molecule has 3 amide bonds. The monoisotopic (exact) mass is 583 g/mol. The summed E-state index contributed by atoms with van der Waals surface area (Å²) in [6.07, 6.45) is 0.700. The standard InChI is InChI=1S/C28H33N5O9/c29-19(11-15-5-7-17(35)8-6-15)25(38)33-23(14-34)27(40)32-22(12-16-13-30-20-4-2-1-3-18(16)20)26(39)31-21(28(41)42)9-10-24(36)37/h1-8,13,19,21-23,30,34-35H,9-12,14,29H2,(H,31,39)(H,32,40)(H,33,38)(H,36,37)(H,41,42). The van der Waals surface area contributed by atoms with E-state index in [9.17, 15) is 39.3 Å². The Labute approximate surface area is 239 Å². The van der Waals surface area contributed by atoms with Gasteiger partial charge in [0.15, 0.2) is 0 Å². The number of nitrogens with one attached hydrogen (secondary N) is 4. The van der Waals surface area contributed by atoms with Crippen LogP contribution in [0.2, 0.25) is 0 Å². The quantitative estimate of drug-likeness (QED) is 0.110. The number of phenols is 1. The van der Waals surface area contributed by atoms with Gasteiger partial charge in [0.2, 0.25) is 17.7 Å². The number of aliphatic hydroxyl groups is 1. The molecule has 1 heterocycles. The van der Waals surface area contributed by atoms with Gasteiger partial charge >= 0.3 is 11.9 Å². The maximum Gasteiger partial charge on any atom is 0.326 e. The van der Waals surface area contributed by atoms with Crippen LogP contribution in [0.25, 0.3) is 10.9 Å².